The molecule has 1 aliphatic rings. The highest BCUT2D eigenvalue weighted by Crippen LogP contribution is 2.24. The standard InChI is InChI=1S/C14H25ClN4/c1-4-12-14(15)13(19(5-2)17-12)10-18(3)11-7-6-8-16-9-11/h11,16H,4-10H2,1-3H3. The minimum atomic E-state index is 0.607. The van der Waals surface area contributed by atoms with Crippen LogP contribution in [0, 0.1) is 0 Å². The van der Waals surface area contributed by atoms with Gasteiger partial charge in [-0.15, -0.1) is 0 Å². The number of rotatable bonds is 5. The first-order valence-corrected chi connectivity index (χ1v) is 7.70. The minimum absolute atomic E-state index is 0.607. The summed E-state index contributed by atoms with van der Waals surface area (Å²) < 4.78 is 2.05. The molecule has 108 valence electrons. The smallest absolute Gasteiger partial charge is 0.0863 e. The molecular weight excluding hydrogens is 260 g/mol. The first-order valence-electron chi connectivity index (χ1n) is 7.32. The van der Waals surface area contributed by atoms with Crippen molar-refractivity contribution in [3.63, 3.8) is 0 Å². The molecule has 1 N–H and O–H groups in total. The fourth-order valence-electron chi connectivity index (χ4n) is 2.74. The van der Waals surface area contributed by atoms with Gasteiger partial charge in [0.1, 0.15) is 0 Å². The number of hydrogen-bond donors (Lipinski definition) is 1. The van der Waals surface area contributed by atoms with Crippen LogP contribution in [-0.2, 0) is 19.5 Å². The molecule has 0 radical (unpaired) electrons. The molecule has 0 spiro atoms. The first-order chi connectivity index (χ1) is 9.17. The van der Waals surface area contributed by atoms with Crippen LogP contribution in [0.4, 0.5) is 0 Å². The Bertz CT molecular complexity index is 410. The Morgan fingerprint density at radius 1 is 1.47 bits per heavy atom. The predicted octanol–water partition coefficient (Wildman–Crippen LogP) is 2.30. The summed E-state index contributed by atoms with van der Waals surface area (Å²) >= 11 is 6.47. The lowest BCUT2D eigenvalue weighted by atomic mass is 10.1. The second kappa shape index (κ2) is 6.73. The van der Waals surface area contributed by atoms with Gasteiger partial charge in [-0.1, -0.05) is 18.5 Å². The summed E-state index contributed by atoms with van der Waals surface area (Å²) in [6, 6.07) is 0.607. The average molecular weight is 285 g/mol. The SMILES string of the molecule is CCc1nn(CC)c(CN(C)C2CCCNC2)c1Cl. The van der Waals surface area contributed by atoms with Crippen LogP contribution in [0.25, 0.3) is 0 Å². The van der Waals surface area contributed by atoms with E-state index in [9.17, 15) is 0 Å². The van der Waals surface area contributed by atoms with Gasteiger partial charge >= 0.3 is 0 Å². The normalized spacial score (nSPS) is 20.2. The van der Waals surface area contributed by atoms with Gasteiger partial charge in [-0.25, -0.2) is 0 Å². The number of hydrogen-bond acceptors (Lipinski definition) is 3. The number of likely N-dealkylation sites (N-methyl/N-ethyl adjacent to an activating group) is 1. The molecule has 0 bridgehead atoms. The fraction of sp³-hybridized carbons (Fsp3) is 0.786. The van der Waals surface area contributed by atoms with Crippen molar-refractivity contribution in [3.05, 3.63) is 16.4 Å². The molecule has 0 aromatic carbocycles. The molecule has 1 saturated heterocycles. The van der Waals surface area contributed by atoms with E-state index < -0.39 is 0 Å². The molecule has 1 fully saturated rings. The molecule has 19 heavy (non-hydrogen) atoms. The molecule has 2 heterocycles. The monoisotopic (exact) mass is 284 g/mol. The van der Waals surface area contributed by atoms with Crippen LogP contribution in [0.1, 0.15) is 38.1 Å². The van der Waals surface area contributed by atoms with Crippen LogP contribution in [0.2, 0.25) is 5.02 Å². The number of halogens is 1. The molecule has 5 heteroatoms. The topological polar surface area (TPSA) is 33.1 Å². The van der Waals surface area contributed by atoms with Crippen LogP contribution < -0.4 is 5.32 Å². The molecule has 0 aliphatic carbocycles. The molecule has 1 aliphatic heterocycles. The quantitative estimate of drug-likeness (QED) is 0.901. The molecule has 4 nitrogen and oxygen atoms in total. The van der Waals surface area contributed by atoms with E-state index in [1.807, 2.05) is 4.68 Å². The van der Waals surface area contributed by atoms with Crippen molar-refractivity contribution < 1.29 is 0 Å². The zero-order valence-electron chi connectivity index (χ0n) is 12.2. The van der Waals surface area contributed by atoms with Crippen molar-refractivity contribution in [1.82, 2.24) is 20.0 Å². The molecule has 0 saturated carbocycles. The van der Waals surface area contributed by atoms with Crippen LogP contribution in [0.3, 0.4) is 0 Å². The predicted molar refractivity (Wildman–Crippen MR) is 79.6 cm³/mol. The molecule has 0 amide bonds. The Kier molecular flexibility index (Phi) is 5.25. The van der Waals surface area contributed by atoms with Crippen LogP contribution >= 0.6 is 11.6 Å². The average Bonchev–Trinajstić information content (AvgIpc) is 2.76. The molecule has 2 rings (SSSR count). The number of nitrogens with zero attached hydrogens (tertiary/aromatic N) is 3. The Hall–Kier alpha value is -0.580. The maximum atomic E-state index is 6.47. The van der Waals surface area contributed by atoms with Gasteiger partial charge < -0.3 is 5.32 Å². The lowest BCUT2D eigenvalue weighted by Gasteiger charge is -2.31. The van der Waals surface area contributed by atoms with Crippen molar-refractivity contribution in [2.24, 2.45) is 0 Å². The van der Waals surface area contributed by atoms with Gasteiger partial charge in [0.05, 0.1) is 16.4 Å². The highest BCUT2D eigenvalue weighted by molar-refractivity contribution is 6.31. The van der Waals surface area contributed by atoms with Crippen LogP contribution in [0.15, 0.2) is 0 Å². The van der Waals surface area contributed by atoms with E-state index >= 15 is 0 Å². The zero-order chi connectivity index (χ0) is 13.8. The fourth-order valence-corrected chi connectivity index (χ4v) is 3.07. The highest BCUT2D eigenvalue weighted by atomic mass is 35.5. The lowest BCUT2D eigenvalue weighted by Crippen LogP contribution is -2.44. The van der Waals surface area contributed by atoms with Crippen molar-refractivity contribution in [1.29, 1.82) is 0 Å². The summed E-state index contributed by atoms with van der Waals surface area (Å²) in [4.78, 5) is 2.40. The zero-order valence-corrected chi connectivity index (χ0v) is 13.0. The van der Waals surface area contributed by atoms with E-state index in [2.05, 4.69) is 36.2 Å². The summed E-state index contributed by atoms with van der Waals surface area (Å²) in [5.41, 5.74) is 2.18. The van der Waals surface area contributed by atoms with Crippen molar-refractivity contribution in [3.8, 4) is 0 Å². The van der Waals surface area contributed by atoms with Crippen LogP contribution in [-0.4, -0.2) is 40.9 Å². The molecule has 1 unspecified atom stereocenters. The highest BCUT2D eigenvalue weighted by Gasteiger charge is 2.21. The second-order valence-electron chi connectivity index (χ2n) is 5.29. The van der Waals surface area contributed by atoms with Gasteiger partial charge in [0, 0.05) is 25.7 Å². The van der Waals surface area contributed by atoms with E-state index in [0.717, 1.165) is 49.0 Å². The summed E-state index contributed by atoms with van der Waals surface area (Å²) in [7, 11) is 2.19. The maximum Gasteiger partial charge on any atom is 0.0863 e. The largest absolute Gasteiger partial charge is 0.315 e. The van der Waals surface area contributed by atoms with Gasteiger partial charge in [-0.05, 0) is 39.8 Å². The molecule has 1 aromatic rings. The molecular formula is C14H25ClN4. The third-order valence-electron chi connectivity index (χ3n) is 3.99. The molecule has 1 atom stereocenters. The van der Waals surface area contributed by atoms with Crippen LogP contribution in [0.5, 0.6) is 0 Å². The van der Waals surface area contributed by atoms with Crippen molar-refractivity contribution >= 4 is 11.6 Å². The Morgan fingerprint density at radius 2 is 2.26 bits per heavy atom. The Balaban J connectivity index is 2.10. The first kappa shape index (κ1) is 14.8. The van der Waals surface area contributed by atoms with Gasteiger partial charge in [0.15, 0.2) is 0 Å². The van der Waals surface area contributed by atoms with Crippen molar-refractivity contribution in [2.75, 3.05) is 20.1 Å². The van der Waals surface area contributed by atoms with Crippen molar-refractivity contribution in [2.45, 2.75) is 52.2 Å². The maximum absolute atomic E-state index is 6.47. The van der Waals surface area contributed by atoms with Gasteiger partial charge in [-0.2, -0.15) is 5.10 Å². The van der Waals surface area contributed by atoms with Gasteiger partial charge in [0.25, 0.3) is 0 Å². The van der Waals surface area contributed by atoms with E-state index in [0.29, 0.717) is 6.04 Å². The van der Waals surface area contributed by atoms with Gasteiger partial charge in [0.2, 0.25) is 0 Å². The number of aryl methyl sites for hydroxylation is 2. The molecule has 1 aromatic heterocycles. The van der Waals surface area contributed by atoms with E-state index in [4.69, 9.17) is 11.6 Å². The summed E-state index contributed by atoms with van der Waals surface area (Å²) in [5.74, 6) is 0. The van der Waals surface area contributed by atoms with Gasteiger partial charge in [-0.3, -0.25) is 9.58 Å². The van der Waals surface area contributed by atoms with E-state index in [1.54, 1.807) is 0 Å². The third kappa shape index (κ3) is 3.30. The number of piperidine rings is 1. The number of nitrogens with one attached hydrogen (secondary N) is 1. The second-order valence-corrected chi connectivity index (χ2v) is 5.67. The Labute approximate surface area is 121 Å². The Morgan fingerprint density at radius 3 is 2.84 bits per heavy atom. The third-order valence-corrected chi connectivity index (χ3v) is 4.42. The minimum Gasteiger partial charge on any atom is -0.315 e. The lowest BCUT2D eigenvalue weighted by molar-refractivity contribution is 0.191. The summed E-state index contributed by atoms with van der Waals surface area (Å²) in [6.45, 7) is 8.21. The summed E-state index contributed by atoms with van der Waals surface area (Å²) in [6.07, 6.45) is 3.42. The summed E-state index contributed by atoms with van der Waals surface area (Å²) in [5, 5.41) is 8.91. The number of aromatic nitrogens is 2. The van der Waals surface area contributed by atoms with E-state index in [-0.39, 0.29) is 0 Å². The van der Waals surface area contributed by atoms with E-state index in [1.165, 1.54) is 12.8 Å².